The van der Waals surface area contributed by atoms with Crippen LogP contribution in [0.2, 0.25) is 0 Å². The summed E-state index contributed by atoms with van der Waals surface area (Å²) in [5, 5.41) is 10.9. The van der Waals surface area contributed by atoms with Gasteiger partial charge in [0.1, 0.15) is 12.6 Å². The van der Waals surface area contributed by atoms with E-state index in [9.17, 15) is 18.0 Å². The van der Waals surface area contributed by atoms with E-state index < -0.39 is 34.5 Å². The third kappa shape index (κ3) is 4.38. The van der Waals surface area contributed by atoms with Gasteiger partial charge in [0.2, 0.25) is 15.9 Å². The molecule has 8 heteroatoms. The molecule has 1 amide bonds. The first kappa shape index (κ1) is 19.4. The fraction of sp³-hybridized carbons (Fsp3) is 0.529. The number of rotatable bonds is 5. The monoisotopic (exact) mass is 368 g/mol. The number of hydrogen-bond donors (Lipinski definition) is 2. The fourth-order valence-corrected chi connectivity index (χ4v) is 4.49. The van der Waals surface area contributed by atoms with Crippen LogP contribution in [0.3, 0.4) is 0 Å². The number of amides is 1. The molecule has 2 rings (SSSR count). The second kappa shape index (κ2) is 7.13. The third-order valence-electron chi connectivity index (χ3n) is 4.25. The number of benzene rings is 1. The Kier molecular flexibility index (Phi) is 5.53. The summed E-state index contributed by atoms with van der Waals surface area (Å²) < 4.78 is 26.9. The Morgan fingerprint density at radius 3 is 2.36 bits per heavy atom. The summed E-state index contributed by atoms with van der Waals surface area (Å²) in [6, 6.07) is 5.80. The van der Waals surface area contributed by atoms with Gasteiger partial charge < -0.3 is 10.4 Å². The number of aliphatic carboxylic acids is 1. The van der Waals surface area contributed by atoms with Crippen LogP contribution in [0, 0.1) is 0 Å². The highest BCUT2D eigenvalue weighted by molar-refractivity contribution is 7.89. The van der Waals surface area contributed by atoms with Gasteiger partial charge in [0.05, 0.1) is 4.90 Å². The molecule has 1 atom stereocenters. The van der Waals surface area contributed by atoms with Crippen LogP contribution in [0.15, 0.2) is 29.2 Å². The van der Waals surface area contributed by atoms with Crippen LogP contribution >= 0.6 is 0 Å². The maximum atomic E-state index is 12.9. The third-order valence-corrected chi connectivity index (χ3v) is 6.17. The Bertz CT molecular complexity index is 750. The molecular formula is C17H24N2O5S. The number of hydrogen-bond acceptors (Lipinski definition) is 4. The van der Waals surface area contributed by atoms with Gasteiger partial charge in [-0.15, -0.1) is 0 Å². The molecule has 1 fully saturated rings. The van der Waals surface area contributed by atoms with Crippen molar-refractivity contribution in [1.29, 1.82) is 0 Å². The number of nitrogens with zero attached hydrogens (tertiary/aromatic N) is 1. The predicted octanol–water partition coefficient (Wildman–Crippen LogP) is 1.34. The van der Waals surface area contributed by atoms with Gasteiger partial charge >= 0.3 is 5.97 Å². The Hall–Kier alpha value is -1.93. The van der Waals surface area contributed by atoms with Gasteiger partial charge in [-0.1, -0.05) is 32.9 Å². The minimum atomic E-state index is -3.81. The highest BCUT2D eigenvalue weighted by atomic mass is 32.2. The zero-order valence-corrected chi connectivity index (χ0v) is 15.5. The molecule has 1 aliphatic rings. The first-order chi connectivity index (χ1) is 11.5. The zero-order chi connectivity index (χ0) is 18.8. The van der Waals surface area contributed by atoms with Gasteiger partial charge in [0.15, 0.2) is 0 Å². The summed E-state index contributed by atoms with van der Waals surface area (Å²) in [5.74, 6) is -1.74. The van der Waals surface area contributed by atoms with Crippen molar-refractivity contribution in [3.8, 4) is 0 Å². The summed E-state index contributed by atoms with van der Waals surface area (Å²) in [5.41, 5.74) is 0.929. The van der Waals surface area contributed by atoms with Crippen LogP contribution in [0.1, 0.15) is 39.2 Å². The number of carbonyl (C=O) groups excluding carboxylic acids is 1. The van der Waals surface area contributed by atoms with Gasteiger partial charge in [0.25, 0.3) is 0 Å². The topological polar surface area (TPSA) is 104 Å². The quantitative estimate of drug-likeness (QED) is 0.816. The molecule has 1 saturated heterocycles. The first-order valence-electron chi connectivity index (χ1n) is 8.15. The molecule has 138 valence electrons. The van der Waals surface area contributed by atoms with E-state index in [1.54, 1.807) is 24.3 Å². The lowest BCUT2D eigenvalue weighted by Gasteiger charge is -2.24. The molecule has 0 aromatic heterocycles. The molecule has 7 nitrogen and oxygen atoms in total. The molecule has 0 saturated carbocycles. The molecule has 1 aliphatic heterocycles. The maximum Gasteiger partial charge on any atom is 0.322 e. The van der Waals surface area contributed by atoms with Crippen LogP contribution in [-0.4, -0.2) is 48.8 Å². The van der Waals surface area contributed by atoms with Crippen molar-refractivity contribution in [1.82, 2.24) is 9.62 Å². The van der Waals surface area contributed by atoms with Crippen LogP contribution in [0.5, 0.6) is 0 Å². The lowest BCUT2D eigenvalue weighted by Crippen LogP contribution is -2.46. The molecule has 0 spiro atoms. The number of carbonyl (C=O) groups is 2. The lowest BCUT2D eigenvalue weighted by atomic mass is 9.87. The Labute approximate surface area is 148 Å². The molecule has 0 aliphatic carbocycles. The molecule has 25 heavy (non-hydrogen) atoms. The van der Waals surface area contributed by atoms with Gasteiger partial charge in [0, 0.05) is 6.54 Å². The van der Waals surface area contributed by atoms with E-state index in [4.69, 9.17) is 5.11 Å². The Morgan fingerprint density at radius 2 is 1.84 bits per heavy atom. The second-order valence-corrected chi connectivity index (χ2v) is 9.05. The van der Waals surface area contributed by atoms with Crippen molar-refractivity contribution in [2.24, 2.45) is 0 Å². The van der Waals surface area contributed by atoms with Crippen molar-refractivity contribution in [3.05, 3.63) is 29.8 Å². The predicted molar refractivity (Wildman–Crippen MR) is 92.7 cm³/mol. The summed E-state index contributed by atoms with van der Waals surface area (Å²) >= 11 is 0. The van der Waals surface area contributed by atoms with E-state index in [-0.39, 0.29) is 16.9 Å². The fourth-order valence-electron chi connectivity index (χ4n) is 2.83. The molecule has 0 radical (unpaired) electrons. The van der Waals surface area contributed by atoms with Gasteiger partial charge in [-0.25, -0.2) is 8.42 Å². The van der Waals surface area contributed by atoms with E-state index in [0.29, 0.717) is 12.8 Å². The number of carboxylic acid groups (broad SMARTS) is 1. The molecule has 2 N–H and O–H groups in total. The van der Waals surface area contributed by atoms with E-state index in [1.807, 2.05) is 20.8 Å². The highest BCUT2D eigenvalue weighted by Gasteiger charge is 2.39. The summed E-state index contributed by atoms with van der Waals surface area (Å²) in [6.07, 6.45) is 0.940. The summed E-state index contributed by atoms with van der Waals surface area (Å²) in [6.45, 7) is 5.84. The van der Waals surface area contributed by atoms with Gasteiger partial charge in [-0.3, -0.25) is 9.59 Å². The summed E-state index contributed by atoms with van der Waals surface area (Å²) in [4.78, 5) is 22.9. The van der Waals surface area contributed by atoms with E-state index in [2.05, 4.69) is 5.32 Å². The molecule has 1 heterocycles. The minimum Gasteiger partial charge on any atom is -0.480 e. The van der Waals surface area contributed by atoms with Crippen LogP contribution in [-0.2, 0) is 25.0 Å². The van der Waals surface area contributed by atoms with E-state index >= 15 is 0 Å². The normalized spacial score (nSPS) is 18.9. The number of carboxylic acids is 1. The highest BCUT2D eigenvalue weighted by Crippen LogP contribution is 2.28. The lowest BCUT2D eigenvalue weighted by molar-refractivity contribution is -0.138. The van der Waals surface area contributed by atoms with Crippen molar-refractivity contribution in [2.45, 2.75) is 50.0 Å². The molecule has 0 unspecified atom stereocenters. The average molecular weight is 368 g/mol. The smallest absolute Gasteiger partial charge is 0.322 e. The number of sulfonamides is 1. The van der Waals surface area contributed by atoms with Crippen molar-refractivity contribution in [3.63, 3.8) is 0 Å². The van der Waals surface area contributed by atoms with E-state index in [0.717, 1.165) is 9.87 Å². The molecule has 1 aromatic rings. The van der Waals surface area contributed by atoms with Crippen molar-refractivity contribution < 1.29 is 23.1 Å². The number of nitrogens with one attached hydrogen (secondary N) is 1. The molecule has 1 aromatic carbocycles. The Morgan fingerprint density at radius 1 is 1.24 bits per heavy atom. The van der Waals surface area contributed by atoms with E-state index in [1.165, 1.54) is 0 Å². The zero-order valence-electron chi connectivity index (χ0n) is 14.7. The van der Waals surface area contributed by atoms with Crippen LogP contribution < -0.4 is 5.32 Å². The van der Waals surface area contributed by atoms with Crippen molar-refractivity contribution in [2.75, 3.05) is 13.1 Å². The minimum absolute atomic E-state index is 0.0881. The van der Waals surface area contributed by atoms with Crippen LogP contribution in [0.4, 0.5) is 0 Å². The summed E-state index contributed by atoms with van der Waals surface area (Å²) in [7, 11) is -3.81. The Balaban J connectivity index is 2.22. The standard InChI is InChI=1S/C17H24N2O5S/c1-17(2,3)12-6-8-13(9-7-12)25(23,24)19-10-4-5-14(19)16(22)18-11-15(20)21/h6-9,14H,4-5,10-11H2,1-3H3,(H,18,22)(H,20,21)/t14-/m0/s1. The molecular weight excluding hydrogens is 344 g/mol. The maximum absolute atomic E-state index is 12.9. The van der Waals surface area contributed by atoms with Gasteiger partial charge in [-0.2, -0.15) is 4.31 Å². The van der Waals surface area contributed by atoms with Gasteiger partial charge in [-0.05, 0) is 36.0 Å². The second-order valence-electron chi connectivity index (χ2n) is 7.16. The average Bonchev–Trinajstić information content (AvgIpc) is 3.02. The SMILES string of the molecule is CC(C)(C)c1ccc(S(=O)(=O)N2CCC[C@H]2C(=O)NCC(=O)O)cc1. The van der Waals surface area contributed by atoms with Crippen LogP contribution in [0.25, 0.3) is 0 Å². The first-order valence-corrected chi connectivity index (χ1v) is 9.59. The van der Waals surface area contributed by atoms with Crippen molar-refractivity contribution >= 4 is 21.9 Å². The molecule has 0 bridgehead atoms. The largest absolute Gasteiger partial charge is 0.480 e.